The van der Waals surface area contributed by atoms with Crippen LogP contribution in [0.3, 0.4) is 0 Å². The normalized spacial score (nSPS) is 15.5. The number of nitro benzene ring substituents is 1. The minimum atomic E-state index is -0.861. The topological polar surface area (TPSA) is 89.7 Å². The first-order valence-corrected chi connectivity index (χ1v) is 7.87. The van der Waals surface area contributed by atoms with Crippen LogP contribution in [0.1, 0.15) is 25.3 Å². The number of likely N-dealkylation sites (tertiary alicyclic amines) is 1. The molecule has 1 heterocycles. The maximum absolute atomic E-state index is 12.0. The molecule has 0 radical (unpaired) electrons. The minimum Gasteiger partial charge on any atom is -0.449 e. The van der Waals surface area contributed by atoms with Crippen LogP contribution in [0, 0.1) is 10.1 Å². The Bertz CT molecular complexity index is 683. The summed E-state index contributed by atoms with van der Waals surface area (Å²) in [5, 5.41) is 10.8. The SMILES string of the molecule is CC(OC(=O)/C=C/c1ccc(Cl)c([N+](=O)[O-])c1)C(=O)N1CCCC1. The number of hydrogen-bond acceptors (Lipinski definition) is 5. The van der Waals surface area contributed by atoms with Gasteiger partial charge >= 0.3 is 5.97 Å². The lowest BCUT2D eigenvalue weighted by Crippen LogP contribution is -2.37. The number of carbonyl (C=O) groups excluding carboxylic acids is 2. The number of nitrogens with zero attached hydrogens (tertiary/aromatic N) is 2. The molecule has 1 saturated heterocycles. The fraction of sp³-hybridized carbons (Fsp3) is 0.375. The largest absolute Gasteiger partial charge is 0.449 e. The second-order valence-corrected chi connectivity index (χ2v) is 5.82. The summed E-state index contributed by atoms with van der Waals surface area (Å²) >= 11 is 5.72. The van der Waals surface area contributed by atoms with Crippen LogP contribution < -0.4 is 0 Å². The van der Waals surface area contributed by atoms with Crippen molar-refractivity contribution in [1.29, 1.82) is 0 Å². The highest BCUT2D eigenvalue weighted by atomic mass is 35.5. The first kappa shape index (κ1) is 17.9. The molecule has 0 bridgehead atoms. The lowest BCUT2D eigenvalue weighted by Gasteiger charge is -2.19. The second-order valence-electron chi connectivity index (χ2n) is 5.41. The average Bonchev–Trinajstić information content (AvgIpc) is 3.07. The van der Waals surface area contributed by atoms with Gasteiger partial charge in [-0.25, -0.2) is 4.79 Å². The Morgan fingerprint density at radius 2 is 2.04 bits per heavy atom. The number of amides is 1. The Hall–Kier alpha value is -2.41. The summed E-state index contributed by atoms with van der Waals surface area (Å²) in [4.78, 5) is 35.7. The van der Waals surface area contributed by atoms with Gasteiger partial charge in [0.25, 0.3) is 11.6 Å². The van der Waals surface area contributed by atoms with Crippen molar-refractivity contribution < 1.29 is 19.2 Å². The maximum atomic E-state index is 12.0. The molecule has 1 aliphatic rings. The lowest BCUT2D eigenvalue weighted by molar-refractivity contribution is -0.384. The number of benzene rings is 1. The van der Waals surface area contributed by atoms with E-state index in [0.29, 0.717) is 18.7 Å². The van der Waals surface area contributed by atoms with Crippen molar-refractivity contribution in [2.24, 2.45) is 0 Å². The first-order chi connectivity index (χ1) is 11.4. The molecule has 1 atom stereocenters. The summed E-state index contributed by atoms with van der Waals surface area (Å²) in [6, 6.07) is 4.17. The number of hydrogen-bond donors (Lipinski definition) is 0. The number of esters is 1. The third-order valence-electron chi connectivity index (χ3n) is 3.64. The van der Waals surface area contributed by atoms with Crippen LogP contribution in [-0.2, 0) is 14.3 Å². The van der Waals surface area contributed by atoms with E-state index in [1.165, 1.54) is 31.2 Å². The number of ether oxygens (including phenoxy) is 1. The number of carbonyl (C=O) groups is 2. The van der Waals surface area contributed by atoms with Crippen molar-refractivity contribution in [3.63, 3.8) is 0 Å². The molecule has 2 rings (SSSR count). The highest BCUT2D eigenvalue weighted by molar-refractivity contribution is 6.32. The van der Waals surface area contributed by atoms with Crippen LogP contribution in [0.4, 0.5) is 5.69 Å². The summed E-state index contributed by atoms with van der Waals surface area (Å²) in [5.74, 6) is -0.899. The van der Waals surface area contributed by atoms with Gasteiger partial charge in [0, 0.05) is 25.2 Å². The summed E-state index contributed by atoms with van der Waals surface area (Å²) in [5.41, 5.74) is 0.186. The van der Waals surface area contributed by atoms with E-state index in [-0.39, 0.29) is 16.6 Å². The fourth-order valence-corrected chi connectivity index (χ4v) is 2.58. The van der Waals surface area contributed by atoms with E-state index >= 15 is 0 Å². The maximum Gasteiger partial charge on any atom is 0.331 e. The second kappa shape index (κ2) is 7.92. The van der Waals surface area contributed by atoms with Gasteiger partial charge in [-0.3, -0.25) is 14.9 Å². The standard InChI is InChI=1S/C16H17ClN2O5/c1-11(16(21)18-8-2-3-9-18)24-15(20)7-5-12-4-6-13(17)14(10-12)19(22)23/h4-7,10-11H,2-3,8-9H2,1H3/b7-5+. The van der Waals surface area contributed by atoms with Gasteiger partial charge in [0.2, 0.25) is 0 Å². The highest BCUT2D eigenvalue weighted by Gasteiger charge is 2.25. The number of halogens is 1. The van der Waals surface area contributed by atoms with Gasteiger partial charge in [0.1, 0.15) is 5.02 Å². The summed E-state index contributed by atoms with van der Waals surface area (Å²) in [6.07, 6.45) is 3.56. The summed E-state index contributed by atoms with van der Waals surface area (Å²) < 4.78 is 5.07. The molecular weight excluding hydrogens is 336 g/mol. The van der Waals surface area contributed by atoms with Crippen molar-refractivity contribution in [1.82, 2.24) is 4.90 Å². The van der Waals surface area contributed by atoms with Gasteiger partial charge < -0.3 is 9.64 Å². The van der Waals surface area contributed by atoms with Gasteiger partial charge in [-0.15, -0.1) is 0 Å². The predicted octanol–water partition coefficient (Wildman–Crippen LogP) is 2.82. The van der Waals surface area contributed by atoms with Crippen molar-refractivity contribution >= 4 is 35.2 Å². The summed E-state index contributed by atoms with van der Waals surface area (Å²) in [6.45, 7) is 2.90. The zero-order chi connectivity index (χ0) is 17.7. The van der Waals surface area contributed by atoms with Gasteiger partial charge in [0.15, 0.2) is 6.10 Å². The third-order valence-corrected chi connectivity index (χ3v) is 3.96. The molecule has 1 aliphatic heterocycles. The molecule has 24 heavy (non-hydrogen) atoms. The average molecular weight is 353 g/mol. The molecule has 1 amide bonds. The monoisotopic (exact) mass is 352 g/mol. The first-order valence-electron chi connectivity index (χ1n) is 7.50. The lowest BCUT2D eigenvalue weighted by atomic mass is 10.2. The Labute approximate surface area is 144 Å². The quantitative estimate of drug-likeness (QED) is 0.352. The zero-order valence-corrected chi connectivity index (χ0v) is 13.9. The molecule has 8 heteroatoms. The molecule has 7 nitrogen and oxygen atoms in total. The molecule has 0 saturated carbocycles. The molecule has 1 aromatic rings. The molecular formula is C16H17ClN2O5. The molecule has 1 fully saturated rings. The Balaban J connectivity index is 1.96. The Kier molecular flexibility index (Phi) is 5.92. The molecule has 0 aromatic heterocycles. The molecule has 1 unspecified atom stereocenters. The van der Waals surface area contributed by atoms with Gasteiger partial charge in [-0.1, -0.05) is 17.7 Å². The predicted molar refractivity (Wildman–Crippen MR) is 88.5 cm³/mol. The van der Waals surface area contributed by atoms with Crippen molar-refractivity contribution in [2.45, 2.75) is 25.9 Å². The fourth-order valence-electron chi connectivity index (χ4n) is 2.40. The zero-order valence-electron chi connectivity index (χ0n) is 13.1. The summed E-state index contributed by atoms with van der Waals surface area (Å²) in [7, 11) is 0. The molecule has 1 aromatic carbocycles. The van der Waals surface area contributed by atoms with E-state index < -0.39 is 17.0 Å². The van der Waals surface area contributed by atoms with Crippen LogP contribution in [0.2, 0.25) is 5.02 Å². The number of nitro groups is 1. The van der Waals surface area contributed by atoms with Crippen LogP contribution in [0.15, 0.2) is 24.3 Å². The van der Waals surface area contributed by atoms with Gasteiger partial charge in [-0.2, -0.15) is 0 Å². The van der Waals surface area contributed by atoms with Gasteiger partial charge in [0.05, 0.1) is 4.92 Å². The van der Waals surface area contributed by atoms with Crippen molar-refractivity contribution in [3.8, 4) is 0 Å². The van der Waals surface area contributed by atoms with Crippen LogP contribution in [-0.4, -0.2) is 40.9 Å². The van der Waals surface area contributed by atoms with Crippen molar-refractivity contribution in [3.05, 3.63) is 45.0 Å². The molecule has 0 spiro atoms. The molecule has 128 valence electrons. The third kappa shape index (κ3) is 4.55. The smallest absolute Gasteiger partial charge is 0.331 e. The van der Waals surface area contributed by atoms with E-state index in [0.717, 1.165) is 18.9 Å². The van der Waals surface area contributed by atoms with E-state index in [2.05, 4.69) is 0 Å². The number of rotatable bonds is 5. The Morgan fingerprint density at radius 3 is 2.67 bits per heavy atom. The van der Waals surface area contributed by atoms with Gasteiger partial charge in [-0.05, 0) is 37.5 Å². The van der Waals surface area contributed by atoms with Crippen LogP contribution in [0.25, 0.3) is 6.08 Å². The Morgan fingerprint density at radius 1 is 1.38 bits per heavy atom. The van der Waals surface area contributed by atoms with E-state index in [9.17, 15) is 19.7 Å². The van der Waals surface area contributed by atoms with E-state index in [4.69, 9.17) is 16.3 Å². The minimum absolute atomic E-state index is 0.0181. The van der Waals surface area contributed by atoms with Crippen LogP contribution >= 0.6 is 11.6 Å². The molecule has 0 aliphatic carbocycles. The van der Waals surface area contributed by atoms with E-state index in [1.54, 1.807) is 4.90 Å². The van der Waals surface area contributed by atoms with E-state index in [1.807, 2.05) is 0 Å². The highest BCUT2D eigenvalue weighted by Crippen LogP contribution is 2.25. The van der Waals surface area contributed by atoms with Crippen LogP contribution in [0.5, 0.6) is 0 Å². The van der Waals surface area contributed by atoms with Crippen molar-refractivity contribution in [2.75, 3.05) is 13.1 Å². The molecule has 0 N–H and O–H groups in total.